The molecule has 0 aliphatic carbocycles. The van der Waals surface area contributed by atoms with E-state index < -0.39 is 0 Å². The van der Waals surface area contributed by atoms with Crippen LogP contribution in [0.3, 0.4) is 0 Å². The summed E-state index contributed by atoms with van der Waals surface area (Å²) >= 11 is 0. The number of nitrogens with one attached hydrogen (secondary N) is 1. The lowest BCUT2D eigenvalue weighted by Gasteiger charge is -2.05. The highest BCUT2D eigenvalue weighted by Gasteiger charge is 2.09. The first-order chi connectivity index (χ1) is 12.2. The number of fused-ring (bicyclic) bond motifs is 1. The first-order valence-corrected chi connectivity index (χ1v) is 7.73. The van der Waals surface area contributed by atoms with Crippen LogP contribution in [0.15, 0.2) is 52.2 Å². The van der Waals surface area contributed by atoms with Gasteiger partial charge in [-0.3, -0.25) is 9.42 Å². The number of benzene rings is 2. The van der Waals surface area contributed by atoms with Gasteiger partial charge in [-0.15, -0.1) is 0 Å². The Morgan fingerprint density at radius 1 is 1.36 bits per heavy atom. The Labute approximate surface area is 143 Å². The van der Waals surface area contributed by atoms with Crippen molar-refractivity contribution in [2.75, 3.05) is 6.61 Å². The first-order valence-electron chi connectivity index (χ1n) is 7.73. The Bertz CT molecular complexity index is 903. The second kappa shape index (κ2) is 7.43. The average molecular weight is 340 g/mol. The van der Waals surface area contributed by atoms with Gasteiger partial charge in [0.15, 0.2) is 0 Å². The summed E-state index contributed by atoms with van der Waals surface area (Å²) in [7, 11) is 0. The van der Waals surface area contributed by atoms with Gasteiger partial charge in [-0.1, -0.05) is 6.92 Å². The van der Waals surface area contributed by atoms with E-state index >= 15 is 0 Å². The maximum absolute atomic E-state index is 12.0. The molecule has 0 saturated heterocycles. The zero-order chi connectivity index (χ0) is 17.6. The maximum atomic E-state index is 12.0. The Kier molecular flexibility index (Phi) is 4.89. The SMILES string of the molecule is CCCOc1ccc(C(=O)N/N=C/c2ccc3c(c2)no[n+]3[O-])cc1. The van der Waals surface area contributed by atoms with Gasteiger partial charge in [0.05, 0.1) is 12.8 Å². The molecule has 0 bridgehead atoms. The molecule has 1 heterocycles. The summed E-state index contributed by atoms with van der Waals surface area (Å²) in [6.45, 7) is 2.66. The molecule has 128 valence electrons. The highest BCUT2D eigenvalue weighted by atomic mass is 16.8. The fourth-order valence-corrected chi connectivity index (χ4v) is 2.13. The minimum Gasteiger partial charge on any atom is -0.494 e. The van der Waals surface area contributed by atoms with E-state index in [1.165, 1.54) is 6.21 Å². The van der Waals surface area contributed by atoms with Crippen LogP contribution in [0.25, 0.3) is 11.0 Å². The fraction of sp³-hybridized carbons (Fsp3) is 0.176. The Hall–Kier alpha value is -3.42. The second-order valence-electron chi connectivity index (χ2n) is 5.25. The van der Waals surface area contributed by atoms with Crippen LogP contribution < -0.4 is 15.1 Å². The third-order valence-electron chi connectivity index (χ3n) is 3.38. The zero-order valence-electron chi connectivity index (χ0n) is 13.5. The molecule has 0 aliphatic heterocycles. The lowest BCUT2D eigenvalue weighted by molar-refractivity contribution is -0.782. The van der Waals surface area contributed by atoms with Gasteiger partial charge in [0.1, 0.15) is 5.75 Å². The van der Waals surface area contributed by atoms with E-state index in [0.29, 0.717) is 33.7 Å². The van der Waals surface area contributed by atoms with Crippen LogP contribution in [0.2, 0.25) is 0 Å². The predicted molar refractivity (Wildman–Crippen MR) is 90.3 cm³/mol. The van der Waals surface area contributed by atoms with E-state index in [2.05, 4.69) is 20.3 Å². The third kappa shape index (κ3) is 3.92. The number of amides is 1. The molecule has 0 fully saturated rings. The van der Waals surface area contributed by atoms with E-state index in [9.17, 15) is 10.0 Å². The highest BCUT2D eigenvalue weighted by Crippen LogP contribution is 2.12. The predicted octanol–water partition coefficient (Wildman–Crippen LogP) is 2.01. The first kappa shape index (κ1) is 16.4. The molecule has 25 heavy (non-hydrogen) atoms. The third-order valence-corrected chi connectivity index (χ3v) is 3.38. The molecule has 8 nitrogen and oxygen atoms in total. The van der Waals surface area contributed by atoms with E-state index in [1.54, 1.807) is 42.5 Å². The van der Waals surface area contributed by atoms with Crippen molar-refractivity contribution < 1.29 is 19.1 Å². The minimum atomic E-state index is -0.335. The maximum Gasteiger partial charge on any atom is 0.271 e. The van der Waals surface area contributed by atoms with E-state index in [1.807, 2.05) is 6.92 Å². The lowest BCUT2D eigenvalue weighted by Crippen LogP contribution is -2.22. The van der Waals surface area contributed by atoms with Crippen LogP contribution in [-0.4, -0.2) is 23.9 Å². The van der Waals surface area contributed by atoms with Crippen molar-refractivity contribution >= 4 is 23.2 Å². The van der Waals surface area contributed by atoms with Gasteiger partial charge in [-0.2, -0.15) is 5.10 Å². The van der Waals surface area contributed by atoms with Crippen molar-refractivity contribution in [1.82, 2.24) is 10.6 Å². The topological polar surface area (TPSA) is 104 Å². The van der Waals surface area contributed by atoms with Gasteiger partial charge in [0.2, 0.25) is 11.0 Å². The monoisotopic (exact) mass is 340 g/mol. The molecule has 0 unspecified atom stereocenters. The molecule has 3 aromatic rings. The van der Waals surface area contributed by atoms with Gasteiger partial charge in [0.25, 0.3) is 5.91 Å². The van der Waals surface area contributed by atoms with Crippen LogP contribution in [0.1, 0.15) is 29.3 Å². The van der Waals surface area contributed by atoms with Crippen molar-refractivity contribution in [3.05, 3.63) is 58.8 Å². The number of carbonyl (C=O) groups is 1. The summed E-state index contributed by atoms with van der Waals surface area (Å²) in [5, 5.41) is 18.7. The van der Waals surface area contributed by atoms with Gasteiger partial charge >= 0.3 is 0 Å². The highest BCUT2D eigenvalue weighted by molar-refractivity contribution is 5.95. The number of hydrogen-bond donors (Lipinski definition) is 1. The molecule has 8 heteroatoms. The van der Waals surface area contributed by atoms with E-state index in [-0.39, 0.29) is 5.91 Å². The van der Waals surface area contributed by atoms with Gasteiger partial charge in [-0.05, 0) is 53.3 Å². The standard InChI is InChI=1S/C17H16N4O4/c1-2-9-24-14-6-4-13(5-7-14)17(22)19-18-11-12-3-8-16-15(10-12)20-25-21(16)23/h3-8,10-11H,2,9H2,1H3,(H,19,22)/b18-11+. The summed E-state index contributed by atoms with van der Waals surface area (Å²) in [6, 6.07) is 11.7. The molecule has 0 aliphatic rings. The van der Waals surface area contributed by atoms with Gasteiger partial charge < -0.3 is 9.94 Å². The van der Waals surface area contributed by atoms with Crippen molar-refractivity contribution in [2.24, 2.45) is 5.10 Å². The summed E-state index contributed by atoms with van der Waals surface area (Å²) in [5.41, 5.74) is 4.32. The number of hydrogen-bond acceptors (Lipinski definition) is 6. The summed E-state index contributed by atoms with van der Waals surface area (Å²) in [4.78, 5) is 12.4. The Morgan fingerprint density at radius 3 is 2.92 bits per heavy atom. The van der Waals surface area contributed by atoms with Crippen molar-refractivity contribution in [1.29, 1.82) is 0 Å². The van der Waals surface area contributed by atoms with Crippen molar-refractivity contribution in [3.8, 4) is 5.75 Å². The van der Waals surface area contributed by atoms with Crippen molar-refractivity contribution in [3.63, 3.8) is 0 Å². The minimum absolute atomic E-state index is 0.325. The number of hydrazone groups is 1. The molecule has 0 saturated carbocycles. The number of ether oxygens (including phenoxy) is 1. The summed E-state index contributed by atoms with van der Waals surface area (Å²) < 4.78 is 9.96. The molecule has 3 rings (SSSR count). The molecule has 0 spiro atoms. The Balaban J connectivity index is 1.61. The number of carbonyl (C=O) groups excluding carboxylic acids is 1. The lowest BCUT2D eigenvalue weighted by atomic mass is 10.2. The quantitative estimate of drug-likeness (QED) is 0.420. The average Bonchev–Trinajstić information content (AvgIpc) is 3.01. The Morgan fingerprint density at radius 2 is 2.16 bits per heavy atom. The van der Waals surface area contributed by atoms with Crippen LogP contribution in [0, 0.1) is 5.21 Å². The zero-order valence-corrected chi connectivity index (χ0v) is 13.5. The molecule has 1 N–H and O–H groups in total. The number of aromatic nitrogens is 2. The second-order valence-corrected chi connectivity index (χ2v) is 5.25. The smallest absolute Gasteiger partial charge is 0.271 e. The molecule has 1 amide bonds. The van der Waals surface area contributed by atoms with Crippen molar-refractivity contribution in [2.45, 2.75) is 13.3 Å². The van der Waals surface area contributed by atoms with Crippen LogP contribution in [-0.2, 0) is 0 Å². The normalized spacial score (nSPS) is 11.1. The van der Waals surface area contributed by atoms with Gasteiger partial charge in [-0.25, -0.2) is 5.43 Å². The number of rotatable bonds is 6. The van der Waals surface area contributed by atoms with E-state index in [4.69, 9.17) is 4.74 Å². The summed E-state index contributed by atoms with van der Waals surface area (Å²) in [6.07, 6.45) is 2.38. The molecular formula is C17H16N4O4. The molecular weight excluding hydrogens is 324 g/mol. The molecule has 0 atom stereocenters. The molecule has 1 aromatic heterocycles. The van der Waals surface area contributed by atoms with Crippen LogP contribution in [0.4, 0.5) is 0 Å². The van der Waals surface area contributed by atoms with Crippen LogP contribution >= 0.6 is 0 Å². The molecule has 0 radical (unpaired) electrons. The largest absolute Gasteiger partial charge is 0.494 e. The number of nitrogens with zero attached hydrogens (tertiary/aromatic N) is 3. The van der Waals surface area contributed by atoms with Crippen LogP contribution in [0.5, 0.6) is 5.75 Å². The van der Waals surface area contributed by atoms with E-state index in [0.717, 1.165) is 12.2 Å². The molecule has 2 aromatic carbocycles. The summed E-state index contributed by atoms with van der Waals surface area (Å²) in [5.74, 6) is 0.386. The van der Waals surface area contributed by atoms with Gasteiger partial charge in [0, 0.05) is 16.8 Å². The fourth-order valence-electron chi connectivity index (χ4n) is 2.13.